The highest BCUT2D eigenvalue weighted by Crippen LogP contribution is 2.23. The van der Waals surface area contributed by atoms with Crippen LogP contribution < -0.4 is 5.32 Å². The van der Waals surface area contributed by atoms with E-state index in [-0.39, 0.29) is 0 Å². The minimum Gasteiger partial charge on any atom is -0.316 e. The van der Waals surface area contributed by atoms with Gasteiger partial charge in [0.1, 0.15) is 5.51 Å². The Balaban J connectivity index is 1.74. The molecular formula is C7H11N3S2. The van der Waals surface area contributed by atoms with Gasteiger partial charge in [0, 0.05) is 5.75 Å². The summed E-state index contributed by atoms with van der Waals surface area (Å²) in [4.78, 5) is 0. The third-order valence-electron chi connectivity index (χ3n) is 1.94. The number of rotatable bonds is 3. The van der Waals surface area contributed by atoms with Crippen molar-refractivity contribution in [3.8, 4) is 0 Å². The van der Waals surface area contributed by atoms with Crippen LogP contribution in [0.5, 0.6) is 0 Å². The fourth-order valence-corrected chi connectivity index (χ4v) is 2.92. The zero-order chi connectivity index (χ0) is 8.23. The normalized spacial score (nSPS) is 23.2. The molecule has 66 valence electrons. The zero-order valence-electron chi connectivity index (χ0n) is 6.69. The van der Waals surface area contributed by atoms with Gasteiger partial charge in [-0.05, 0) is 25.4 Å². The Labute approximate surface area is 80.0 Å². The summed E-state index contributed by atoms with van der Waals surface area (Å²) >= 11 is 3.46. The van der Waals surface area contributed by atoms with E-state index in [0.29, 0.717) is 0 Å². The summed E-state index contributed by atoms with van der Waals surface area (Å²) in [5.74, 6) is 2.02. The lowest BCUT2D eigenvalue weighted by molar-refractivity contribution is 0.662. The van der Waals surface area contributed by atoms with Gasteiger partial charge >= 0.3 is 0 Å². The van der Waals surface area contributed by atoms with E-state index in [0.717, 1.165) is 10.3 Å². The standard InChI is InChI=1S/C7H11N3S2/c1-2-8-3-6(1)4-11-7-10-9-5-12-7/h5-6,8H,1-4H2. The van der Waals surface area contributed by atoms with Gasteiger partial charge in [-0.3, -0.25) is 0 Å². The van der Waals surface area contributed by atoms with E-state index in [4.69, 9.17) is 0 Å². The zero-order valence-corrected chi connectivity index (χ0v) is 8.33. The summed E-state index contributed by atoms with van der Waals surface area (Å²) in [5, 5.41) is 11.1. The molecule has 0 aromatic carbocycles. The molecule has 1 aromatic rings. The summed E-state index contributed by atoms with van der Waals surface area (Å²) in [6.07, 6.45) is 1.31. The Morgan fingerprint density at radius 1 is 1.75 bits per heavy atom. The quantitative estimate of drug-likeness (QED) is 0.747. The smallest absolute Gasteiger partial charge is 0.174 e. The van der Waals surface area contributed by atoms with Gasteiger partial charge in [-0.1, -0.05) is 23.1 Å². The Hall–Kier alpha value is -0.130. The first-order valence-corrected chi connectivity index (χ1v) is 5.91. The van der Waals surface area contributed by atoms with Gasteiger partial charge in [-0.2, -0.15) is 0 Å². The number of aromatic nitrogens is 2. The van der Waals surface area contributed by atoms with Crippen LogP contribution in [0.3, 0.4) is 0 Å². The minimum absolute atomic E-state index is 0.832. The molecule has 0 saturated carbocycles. The molecule has 0 bridgehead atoms. The number of hydrogen-bond acceptors (Lipinski definition) is 5. The van der Waals surface area contributed by atoms with Crippen LogP contribution in [-0.2, 0) is 0 Å². The van der Waals surface area contributed by atoms with E-state index in [1.807, 2.05) is 11.8 Å². The highest BCUT2D eigenvalue weighted by atomic mass is 32.2. The maximum atomic E-state index is 3.99. The molecule has 0 radical (unpaired) electrons. The minimum atomic E-state index is 0.832. The summed E-state index contributed by atoms with van der Waals surface area (Å²) < 4.78 is 1.10. The molecule has 1 fully saturated rings. The largest absolute Gasteiger partial charge is 0.316 e. The predicted octanol–water partition coefficient (Wildman–Crippen LogP) is 1.24. The first-order chi connectivity index (χ1) is 5.95. The average Bonchev–Trinajstić information content (AvgIpc) is 2.74. The summed E-state index contributed by atoms with van der Waals surface area (Å²) in [6.45, 7) is 2.35. The first kappa shape index (κ1) is 8.47. The third-order valence-corrected chi connectivity index (χ3v) is 4.04. The predicted molar refractivity (Wildman–Crippen MR) is 51.6 cm³/mol. The van der Waals surface area contributed by atoms with Gasteiger partial charge < -0.3 is 5.32 Å². The molecular weight excluding hydrogens is 190 g/mol. The second kappa shape index (κ2) is 4.20. The number of nitrogens with one attached hydrogen (secondary N) is 1. The van der Waals surface area contributed by atoms with Crippen molar-refractivity contribution in [2.75, 3.05) is 18.8 Å². The molecule has 1 aliphatic rings. The van der Waals surface area contributed by atoms with Gasteiger partial charge in [0.25, 0.3) is 0 Å². The summed E-state index contributed by atoms with van der Waals surface area (Å²) in [5.41, 5.74) is 1.79. The number of thioether (sulfide) groups is 1. The van der Waals surface area contributed by atoms with Crippen molar-refractivity contribution in [3.63, 3.8) is 0 Å². The van der Waals surface area contributed by atoms with Crippen LogP contribution in [0.4, 0.5) is 0 Å². The van der Waals surface area contributed by atoms with Gasteiger partial charge in [0.2, 0.25) is 0 Å². The third kappa shape index (κ3) is 2.18. The number of nitrogens with zero attached hydrogens (tertiary/aromatic N) is 2. The Kier molecular flexibility index (Phi) is 2.97. The van der Waals surface area contributed by atoms with Crippen LogP contribution in [0, 0.1) is 5.92 Å². The van der Waals surface area contributed by atoms with Gasteiger partial charge in [0.05, 0.1) is 0 Å². The molecule has 2 rings (SSSR count). The van der Waals surface area contributed by atoms with Crippen LogP contribution in [0.2, 0.25) is 0 Å². The SMILES string of the molecule is c1nnc(SCC2CCNC2)s1. The van der Waals surface area contributed by atoms with Crippen LogP contribution >= 0.6 is 23.1 Å². The molecule has 1 aliphatic heterocycles. The highest BCUT2D eigenvalue weighted by molar-refractivity contribution is 8.01. The maximum absolute atomic E-state index is 3.99. The molecule has 2 heterocycles. The van der Waals surface area contributed by atoms with Gasteiger partial charge in [0.15, 0.2) is 4.34 Å². The van der Waals surface area contributed by atoms with E-state index in [2.05, 4.69) is 15.5 Å². The lowest BCUT2D eigenvalue weighted by Crippen LogP contribution is -2.10. The van der Waals surface area contributed by atoms with E-state index in [9.17, 15) is 0 Å². The lowest BCUT2D eigenvalue weighted by Gasteiger charge is -2.03. The summed E-state index contributed by atoms with van der Waals surface area (Å²) in [6, 6.07) is 0. The molecule has 1 unspecified atom stereocenters. The fraction of sp³-hybridized carbons (Fsp3) is 0.714. The van der Waals surface area contributed by atoms with Crippen LogP contribution in [0.25, 0.3) is 0 Å². The van der Waals surface area contributed by atoms with Crippen molar-refractivity contribution >= 4 is 23.1 Å². The topological polar surface area (TPSA) is 37.8 Å². The summed E-state index contributed by atoms with van der Waals surface area (Å²) in [7, 11) is 0. The Bertz CT molecular complexity index is 219. The number of hydrogen-bond donors (Lipinski definition) is 1. The monoisotopic (exact) mass is 201 g/mol. The van der Waals surface area contributed by atoms with Gasteiger partial charge in [-0.25, -0.2) is 0 Å². The second-order valence-corrected chi connectivity index (χ2v) is 4.97. The van der Waals surface area contributed by atoms with Crippen molar-refractivity contribution < 1.29 is 0 Å². The Morgan fingerprint density at radius 2 is 2.75 bits per heavy atom. The Morgan fingerprint density at radius 3 is 3.42 bits per heavy atom. The van der Waals surface area contributed by atoms with Crippen LogP contribution in [0.1, 0.15) is 6.42 Å². The van der Waals surface area contributed by atoms with Gasteiger partial charge in [-0.15, -0.1) is 10.2 Å². The molecule has 1 atom stereocenters. The average molecular weight is 201 g/mol. The second-order valence-electron chi connectivity index (χ2n) is 2.87. The molecule has 0 aliphatic carbocycles. The molecule has 12 heavy (non-hydrogen) atoms. The van der Waals surface area contributed by atoms with E-state index in [1.165, 1.54) is 25.3 Å². The maximum Gasteiger partial charge on any atom is 0.174 e. The molecule has 1 saturated heterocycles. The van der Waals surface area contributed by atoms with E-state index in [1.54, 1.807) is 16.8 Å². The molecule has 1 aromatic heterocycles. The van der Waals surface area contributed by atoms with Crippen LogP contribution in [0.15, 0.2) is 9.85 Å². The van der Waals surface area contributed by atoms with Crippen molar-refractivity contribution in [2.45, 2.75) is 10.8 Å². The molecule has 0 spiro atoms. The molecule has 0 amide bonds. The molecule has 1 N–H and O–H groups in total. The fourth-order valence-electron chi connectivity index (χ4n) is 1.27. The molecule has 5 heteroatoms. The lowest BCUT2D eigenvalue weighted by atomic mass is 10.2. The van der Waals surface area contributed by atoms with Crippen molar-refractivity contribution in [1.82, 2.24) is 15.5 Å². The first-order valence-electron chi connectivity index (χ1n) is 4.05. The van der Waals surface area contributed by atoms with Crippen LogP contribution in [-0.4, -0.2) is 29.0 Å². The van der Waals surface area contributed by atoms with E-state index < -0.39 is 0 Å². The highest BCUT2D eigenvalue weighted by Gasteiger charge is 2.14. The van der Waals surface area contributed by atoms with Crippen molar-refractivity contribution in [1.29, 1.82) is 0 Å². The van der Waals surface area contributed by atoms with Crippen molar-refractivity contribution in [3.05, 3.63) is 5.51 Å². The van der Waals surface area contributed by atoms with E-state index >= 15 is 0 Å². The van der Waals surface area contributed by atoms with Crippen molar-refractivity contribution in [2.24, 2.45) is 5.92 Å². The molecule has 3 nitrogen and oxygen atoms in total.